The van der Waals surface area contributed by atoms with E-state index in [1.807, 2.05) is 0 Å². The summed E-state index contributed by atoms with van der Waals surface area (Å²) >= 11 is 0. The molecule has 1 aromatic rings. The molecule has 2 saturated carbocycles. The molecular formula is C24H28O6. The van der Waals surface area contributed by atoms with Crippen LogP contribution in [-0.4, -0.2) is 29.6 Å². The Labute approximate surface area is 176 Å². The highest BCUT2D eigenvalue weighted by molar-refractivity contribution is 5.90. The largest absolute Gasteiger partial charge is 0.462 e. The predicted octanol–water partition coefficient (Wildman–Crippen LogP) is 4.07. The SMILES string of the molecule is C=C(C)C(=O)OC(C)(C)c1ccc(C(=O)OC23CC4CC(C2)OC(=O)C(C4)C3)cc1. The molecule has 0 aromatic heterocycles. The van der Waals surface area contributed by atoms with Crippen LogP contribution in [0.1, 0.15) is 68.8 Å². The first kappa shape index (κ1) is 20.6. The van der Waals surface area contributed by atoms with Gasteiger partial charge in [0.2, 0.25) is 0 Å². The van der Waals surface area contributed by atoms with Crippen LogP contribution >= 0.6 is 0 Å². The maximum absolute atomic E-state index is 12.9. The van der Waals surface area contributed by atoms with Gasteiger partial charge in [0.15, 0.2) is 0 Å². The van der Waals surface area contributed by atoms with Crippen molar-refractivity contribution in [1.82, 2.24) is 0 Å². The molecule has 4 unspecified atom stereocenters. The van der Waals surface area contributed by atoms with Gasteiger partial charge in [0, 0.05) is 18.4 Å². The lowest BCUT2D eigenvalue weighted by molar-refractivity contribution is -0.153. The molecule has 2 aliphatic heterocycles. The van der Waals surface area contributed by atoms with Gasteiger partial charge in [-0.3, -0.25) is 4.79 Å². The molecule has 4 bridgehead atoms. The second kappa shape index (κ2) is 7.25. The van der Waals surface area contributed by atoms with Crippen LogP contribution in [0.15, 0.2) is 36.4 Å². The zero-order valence-corrected chi connectivity index (χ0v) is 17.7. The molecule has 30 heavy (non-hydrogen) atoms. The van der Waals surface area contributed by atoms with E-state index in [-0.39, 0.29) is 18.0 Å². The second-order valence-corrected chi connectivity index (χ2v) is 9.54. The number of carbonyl (C=O) groups excluding carboxylic acids is 3. The van der Waals surface area contributed by atoms with Crippen LogP contribution in [0.4, 0.5) is 0 Å². The van der Waals surface area contributed by atoms with Gasteiger partial charge in [0.25, 0.3) is 0 Å². The summed E-state index contributed by atoms with van der Waals surface area (Å²) < 4.78 is 17.1. The van der Waals surface area contributed by atoms with Gasteiger partial charge in [-0.05, 0) is 63.6 Å². The van der Waals surface area contributed by atoms with Gasteiger partial charge in [-0.15, -0.1) is 0 Å². The van der Waals surface area contributed by atoms with E-state index < -0.39 is 23.1 Å². The Kier molecular flexibility index (Phi) is 4.99. The Balaban J connectivity index is 1.48. The molecule has 6 nitrogen and oxygen atoms in total. The zero-order valence-electron chi connectivity index (χ0n) is 17.7. The summed E-state index contributed by atoms with van der Waals surface area (Å²) in [7, 11) is 0. The minimum absolute atomic E-state index is 0.143. The zero-order chi connectivity index (χ0) is 21.7. The van der Waals surface area contributed by atoms with E-state index in [9.17, 15) is 14.4 Å². The van der Waals surface area contributed by atoms with Crippen LogP contribution in [0, 0.1) is 11.8 Å². The van der Waals surface area contributed by atoms with E-state index in [4.69, 9.17) is 14.2 Å². The summed E-state index contributed by atoms with van der Waals surface area (Å²) in [5, 5.41) is 0. The molecule has 0 radical (unpaired) electrons. The first-order valence-electron chi connectivity index (χ1n) is 10.5. The number of benzene rings is 1. The second-order valence-electron chi connectivity index (χ2n) is 9.54. The van der Waals surface area contributed by atoms with Crippen molar-refractivity contribution in [2.24, 2.45) is 11.8 Å². The van der Waals surface area contributed by atoms with Gasteiger partial charge in [0.05, 0.1) is 11.5 Å². The van der Waals surface area contributed by atoms with E-state index in [1.165, 1.54) is 0 Å². The third-order valence-corrected chi connectivity index (χ3v) is 6.53. The summed E-state index contributed by atoms with van der Waals surface area (Å²) in [6.07, 6.45) is 3.48. The highest BCUT2D eigenvalue weighted by Crippen LogP contribution is 2.51. The molecule has 2 heterocycles. The van der Waals surface area contributed by atoms with Gasteiger partial charge in [-0.2, -0.15) is 0 Å². The van der Waals surface area contributed by atoms with E-state index in [2.05, 4.69) is 6.58 Å². The van der Waals surface area contributed by atoms with Crippen molar-refractivity contribution in [3.8, 4) is 0 Å². The quantitative estimate of drug-likeness (QED) is 0.412. The molecule has 160 valence electrons. The highest BCUT2D eigenvalue weighted by Gasteiger charge is 2.54. The monoisotopic (exact) mass is 412 g/mol. The summed E-state index contributed by atoms with van der Waals surface area (Å²) in [6, 6.07) is 6.90. The Morgan fingerprint density at radius 1 is 1.13 bits per heavy atom. The number of fused-ring (bicyclic) bond motifs is 1. The summed E-state index contributed by atoms with van der Waals surface area (Å²) in [5.74, 6) is -0.801. The Hall–Kier alpha value is -2.63. The molecule has 2 aliphatic carbocycles. The van der Waals surface area contributed by atoms with Gasteiger partial charge in [0.1, 0.15) is 17.3 Å². The van der Waals surface area contributed by atoms with Crippen molar-refractivity contribution < 1.29 is 28.6 Å². The molecule has 6 heteroatoms. The Morgan fingerprint density at radius 2 is 1.83 bits per heavy atom. The van der Waals surface area contributed by atoms with Crippen molar-refractivity contribution in [2.75, 3.05) is 0 Å². The highest BCUT2D eigenvalue weighted by atomic mass is 16.6. The number of esters is 3. The Morgan fingerprint density at radius 3 is 2.50 bits per heavy atom. The molecule has 0 amide bonds. The first-order chi connectivity index (χ1) is 14.1. The average molecular weight is 412 g/mol. The summed E-state index contributed by atoms with van der Waals surface area (Å²) in [4.78, 5) is 37.0. The van der Waals surface area contributed by atoms with Crippen LogP contribution in [0.3, 0.4) is 0 Å². The van der Waals surface area contributed by atoms with E-state index >= 15 is 0 Å². The number of hydrogen-bond acceptors (Lipinski definition) is 6. The molecule has 4 aliphatic rings. The Bertz CT molecular complexity index is 899. The minimum atomic E-state index is -0.853. The maximum atomic E-state index is 12.9. The normalized spacial score (nSPS) is 29.7. The molecular weight excluding hydrogens is 384 g/mol. The fourth-order valence-corrected chi connectivity index (χ4v) is 5.14. The fraction of sp³-hybridized carbons (Fsp3) is 0.542. The smallest absolute Gasteiger partial charge is 0.338 e. The average Bonchev–Trinajstić information content (AvgIpc) is 2.82. The number of hydrogen-bond donors (Lipinski definition) is 0. The van der Waals surface area contributed by atoms with Crippen LogP contribution in [0.25, 0.3) is 0 Å². The lowest BCUT2D eigenvalue weighted by Crippen LogP contribution is -2.48. The van der Waals surface area contributed by atoms with Crippen molar-refractivity contribution >= 4 is 17.9 Å². The molecule has 0 N–H and O–H groups in total. The number of carbonyl (C=O) groups is 3. The van der Waals surface area contributed by atoms with Crippen molar-refractivity contribution in [3.05, 3.63) is 47.5 Å². The fourth-order valence-electron chi connectivity index (χ4n) is 5.14. The predicted molar refractivity (Wildman–Crippen MR) is 108 cm³/mol. The third-order valence-electron chi connectivity index (χ3n) is 6.53. The van der Waals surface area contributed by atoms with Crippen LogP contribution < -0.4 is 0 Å². The summed E-state index contributed by atoms with van der Waals surface area (Å²) in [5.41, 5.74) is 0.0572. The van der Waals surface area contributed by atoms with Gasteiger partial charge >= 0.3 is 17.9 Å². The maximum Gasteiger partial charge on any atom is 0.338 e. The molecule has 0 spiro atoms. The summed E-state index contributed by atoms with van der Waals surface area (Å²) in [6.45, 7) is 8.78. The van der Waals surface area contributed by atoms with Gasteiger partial charge < -0.3 is 14.2 Å². The number of ether oxygens (including phenoxy) is 3. The molecule has 4 fully saturated rings. The molecule has 1 aromatic carbocycles. The lowest BCUT2D eigenvalue weighted by Gasteiger charge is -2.45. The van der Waals surface area contributed by atoms with Crippen molar-refractivity contribution in [3.63, 3.8) is 0 Å². The minimum Gasteiger partial charge on any atom is -0.462 e. The van der Waals surface area contributed by atoms with Gasteiger partial charge in [-0.25, -0.2) is 9.59 Å². The third kappa shape index (κ3) is 3.87. The van der Waals surface area contributed by atoms with E-state index in [1.54, 1.807) is 45.0 Å². The van der Waals surface area contributed by atoms with Crippen LogP contribution in [-0.2, 0) is 29.4 Å². The van der Waals surface area contributed by atoms with E-state index in [0.29, 0.717) is 29.9 Å². The van der Waals surface area contributed by atoms with Gasteiger partial charge in [-0.1, -0.05) is 18.7 Å². The van der Waals surface area contributed by atoms with Crippen molar-refractivity contribution in [1.29, 1.82) is 0 Å². The standard InChI is InChI=1S/C24H28O6/c1-14(2)20(25)29-23(3,4)18-7-5-16(6-8-18)22(27)30-24-11-15-9-17(12-24)21(26)28-19(10-15)13-24/h5-8,15,17,19H,1,9-13H2,2-4H3. The number of rotatable bonds is 5. The van der Waals surface area contributed by atoms with Crippen molar-refractivity contribution in [2.45, 2.75) is 70.2 Å². The lowest BCUT2D eigenvalue weighted by atomic mass is 9.65. The molecule has 5 rings (SSSR count). The molecule has 2 saturated heterocycles. The van der Waals surface area contributed by atoms with Crippen LogP contribution in [0.5, 0.6) is 0 Å². The molecule has 4 atom stereocenters. The first-order valence-corrected chi connectivity index (χ1v) is 10.5. The topological polar surface area (TPSA) is 78.9 Å². The van der Waals surface area contributed by atoms with E-state index in [0.717, 1.165) is 24.8 Å². The van der Waals surface area contributed by atoms with Crippen LogP contribution in [0.2, 0.25) is 0 Å².